The van der Waals surface area contributed by atoms with E-state index in [0.717, 1.165) is 26.2 Å². The van der Waals surface area contributed by atoms with Gasteiger partial charge in [0.2, 0.25) is 0 Å². The molecule has 0 aliphatic carbocycles. The zero-order valence-corrected chi connectivity index (χ0v) is 10.5. The molecule has 1 aliphatic heterocycles. The Kier molecular flexibility index (Phi) is 4.40. The van der Waals surface area contributed by atoms with Crippen molar-refractivity contribution in [1.29, 1.82) is 0 Å². The maximum atomic E-state index is 5.97. The number of nitrogens with two attached hydrogens (primary N) is 1. The van der Waals surface area contributed by atoms with Crippen LogP contribution in [0.4, 0.5) is 5.69 Å². The summed E-state index contributed by atoms with van der Waals surface area (Å²) in [4.78, 5) is 2.40. The molecule has 2 N–H and O–H groups in total. The van der Waals surface area contributed by atoms with Crippen molar-refractivity contribution in [2.24, 2.45) is 11.7 Å². The molecule has 0 saturated carbocycles. The topological polar surface area (TPSA) is 38.5 Å². The van der Waals surface area contributed by atoms with Gasteiger partial charge in [-0.25, -0.2) is 0 Å². The Morgan fingerprint density at radius 1 is 1.41 bits per heavy atom. The summed E-state index contributed by atoms with van der Waals surface area (Å²) in [6.07, 6.45) is 1.13. The molecule has 3 nitrogen and oxygen atoms in total. The Hall–Kier alpha value is -1.06. The number of benzene rings is 1. The van der Waals surface area contributed by atoms with Crippen LogP contribution in [0.2, 0.25) is 0 Å². The van der Waals surface area contributed by atoms with E-state index in [9.17, 15) is 0 Å². The van der Waals surface area contributed by atoms with Crippen molar-refractivity contribution in [3.05, 3.63) is 30.3 Å². The molecule has 3 heteroatoms. The van der Waals surface area contributed by atoms with Crippen LogP contribution in [0, 0.1) is 5.92 Å². The molecule has 1 aromatic rings. The van der Waals surface area contributed by atoms with Crippen molar-refractivity contribution >= 4 is 5.69 Å². The summed E-state index contributed by atoms with van der Waals surface area (Å²) in [6, 6.07) is 10.9. The maximum Gasteiger partial charge on any atom is 0.0515 e. The lowest BCUT2D eigenvalue weighted by Crippen LogP contribution is -2.46. The van der Waals surface area contributed by atoms with Crippen LogP contribution in [-0.4, -0.2) is 32.3 Å². The summed E-state index contributed by atoms with van der Waals surface area (Å²) in [5.74, 6) is 0.570. The highest BCUT2D eigenvalue weighted by Gasteiger charge is 2.28. The molecule has 17 heavy (non-hydrogen) atoms. The fourth-order valence-electron chi connectivity index (χ4n) is 2.66. The summed E-state index contributed by atoms with van der Waals surface area (Å²) in [5.41, 5.74) is 7.23. The molecule has 1 aliphatic rings. The van der Waals surface area contributed by atoms with E-state index in [1.807, 2.05) is 6.07 Å². The summed E-state index contributed by atoms with van der Waals surface area (Å²) in [7, 11) is 0. The number of hydrogen-bond donors (Lipinski definition) is 1. The van der Waals surface area contributed by atoms with Crippen molar-refractivity contribution in [1.82, 2.24) is 0 Å². The second kappa shape index (κ2) is 6.03. The van der Waals surface area contributed by atoms with Crippen LogP contribution < -0.4 is 10.6 Å². The Balaban J connectivity index is 2.15. The first-order chi connectivity index (χ1) is 8.36. The highest BCUT2D eigenvalue weighted by atomic mass is 16.5. The predicted octanol–water partition coefficient (Wildman–Crippen LogP) is 1.88. The highest BCUT2D eigenvalue weighted by Crippen LogP contribution is 2.25. The second-order valence-corrected chi connectivity index (χ2v) is 4.55. The number of hydrogen-bond acceptors (Lipinski definition) is 3. The molecule has 0 bridgehead atoms. The zero-order valence-electron chi connectivity index (χ0n) is 10.5. The van der Waals surface area contributed by atoms with E-state index < -0.39 is 0 Å². The fourth-order valence-corrected chi connectivity index (χ4v) is 2.66. The molecule has 1 saturated heterocycles. The monoisotopic (exact) mass is 234 g/mol. The summed E-state index contributed by atoms with van der Waals surface area (Å²) in [6.45, 7) is 5.60. The lowest BCUT2D eigenvalue weighted by atomic mass is 9.97. The summed E-state index contributed by atoms with van der Waals surface area (Å²) < 4.78 is 5.49. The third-order valence-electron chi connectivity index (χ3n) is 3.58. The van der Waals surface area contributed by atoms with E-state index in [1.54, 1.807) is 0 Å². The number of nitrogens with zero attached hydrogens (tertiary/aromatic N) is 1. The van der Waals surface area contributed by atoms with Gasteiger partial charge in [0.05, 0.1) is 6.61 Å². The second-order valence-electron chi connectivity index (χ2n) is 4.55. The Bertz CT molecular complexity index is 322. The summed E-state index contributed by atoms with van der Waals surface area (Å²) in [5, 5.41) is 0. The first-order valence-electron chi connectivity index (χ1n) is 6.46. The van der Waals surface area contributed by atoms with E-state index in [4.69, 9.17) is 10.5 Å². The minimum Gasteiger partial charge on any atom is -0.381 e. The van der Waals surface area contributed by atoms with E-state index in [2.05, 4.69) is 36.1 Å². The van der Waals surface area contributed by atoms with Gasteiger partial charge in [0.25, 0.3) is 0 Å². The maximum absolute atomic E-state index is 5.97. The third-order valence-corrected chi connectivity index (χ3v) is 3.58. The van der Waals surface area contributed by atoms with Gasteiger partial charge in [0.1, 0.15) is 0 Å². The Morgan fingerprint density at radius 3 is 2.71 bits per heavy atom. The average Bonchev–Trinajstić information content (AvgIpc) is 2.90. The van der Waals surface area contributed by atoms with Crippen molar-refractivity contribution in [3.63, 3.8) is 0 Å². The van der Waals surface area contributed by atoms with Crippen LogP contribution in [0.15, 0.2) is 30.3 Å². The molecule has 94 valence electrons. The van der Waals surface area contributed by atoms with Gasteiger partial charge in [0.15, 0.2) is 0 Å². The smallest absolute Gasteiger partial charge is 0.0515 e. The number of rotatable bonds is 5. The first kappa shape index (κ1) is 12.4. The van der Waals surface area contributed by atoms with Crippen LogP contribution in [0.3, 0.4) is 0 Å². The van der Waals surface area contributed by atoms with Crippen LogP contribution in [-0.2, 0) is 4.74 Å². The quantitative estimate of drug-likeness (QED) is 0.845. The fraction of sp³-hybridized carbons (Fsp3) is 0.571. The lowest BCUT2D eigenvalue weighted by molar-refractivity contribution is 0.180. The first-order valence-corrected chi connectivity index (χ1v) is 6.46. The van der Waals surface area contributed by atoms with Crippen LogP contribution >= 0.6 is 0 Å². The van der Waals surface area contributed by atoms with Gasteiger partial charge in [-0.15, -0.1) is 0 Å². The molecule has 1 aromatic carbocycles. The van der Waals surface area contributed by atoms with Gasteiger partial charge in [-0.05, 0) is 25.5 Å². The number of ether oxygens (including phenoxy) is 1. The lowest BCUT2D eigenvalue weighted by Gasteiger charge is -2.35. The molecule has 2 atom stereocenters. The zero-order chi connectivity index (χ0) is 12.1. The third kappa shape index (κ3) is 2.79. The SMILES string of the molecule is CCN(c1ccccc1)C(CN)C1CCOC1. The predicted molar refractivity (Wildman–Crippen MR) is 71.2 cm³/mol. The average molecular weight is 234 g/mol. The molecule has 2 unspecified atom stereocenters. The molecule has 1 heterocycles. The molecular formula is C14H22N2O. The minimum atomic E-state index is 0.393. The molecular weight excluding hydrogens is 212 g/mol. The molecule has 0 aromatic heterocycles. The van der Waals surface area contributed by atoms with Gasteiger partial charge in [-0.2, -0.15) is 0 Å². The standard InChI is InChI=1S/C14H22N2O/c1-2-16(13-6-4-3-5-7-13)14(10-15)12-8-9-17-11-12/h3-7,12,14H,2,8-11,15H2,1H3. The highest BCUT2D eigenvalue weighted by molar-refractivity contribution is 5.47. The van der Waals surface area contributed by atoms with Crippen LogP contribution in [0.1, 0.15) is 13.3 Å². The summed E-state index contributed by atoms with van der Waals surface area (Å²) >= 11 is 0. The van der Waals surface area contributed by atoms with Crippen molar-refractivity contribution in [2.75, 3.05) is 31.2 Å². The minimum absolute atomic E-state index is 0.393. The van der Waals surface area contributed by atoms with Crippen LogP contribution in [0.25, 0.3) is 0 Å². The van der Waals surface area contributed by atoms with Crippen molar-refractivity contribution in [3.8, 4) is 0 Å². The molecule has 0 spiro atoms. The number of para-hydroxylation sites is 1. The molecule has 0 radical (unpaired) electrons. The van der Waals surface area contributed by atoms with Gasteiger partial charge in [0, 0.05) is 37.3 Å². The number of anilines is 1. The van der Waals surface area contributed by atoms with Gasteiger partial charge >= 0.3 is 0 Å². The van der Waals surface area contributed by atoms with Gasteiger partial charge in [-0.1, -0.05) is 18.2 Å². The van der Waals surface area contributed by atoms with Crippen molar-refractivity contribution < 1.29 is 4.74 Å². The normalized spacial score (nSPS) is 21.4. The molecule has 2 rings (SSSR count). The van der Waals surface area contributed by atoms with E-state index in [0.29, 0.717) is 18.5 Å². The largest absolute Gasteiger partial charge is 0.381 e. The number of likely N-dealkylation sites (N-methyl/N-ethyl adjacent to an activating group) is 1. The van der Waals surface area contributed by atoms with Crippen LogP contribution in [0.5, 0.6) is 0 Å². The van der Waals surface area contributed by atoms with Gasteiger partial charge < -0.3 is 15.4 Å². The molecule has 0 amide bonds. The van der Waals surface area contributed by atoms with E-state index in [-0.39, 0.29) is 0 Å². The Morgan fingerprint density at radius 2 is 2.18 bits per heavy atom. The van der Waals surface area contributed by atoms with Gasteiger partial charge in [-0.3, -0.25) is 0 Å². The van der Waals surface area contributed by atoms with E-state index >= 15 is 0 Å². The Labute approximate surface area is 104 Å². The molecule has 1 fully saturated rings. The van der Waals surface area contributed by atoms with Crippen molar-refractivity contribution in [2.45, 2.75) is 19.4 Å². The van der Waals surface area contributed by atoms with E-state index in [1.165, 1.54) is 5.69 Å².